The molecule has 5 nitrogen and oxygen atoms in total. The van der Waals surface area contributed by atoms with Crippen molar-refractivity contribution < 1.29 is 22.1 Å². The van der Waals surface area contributed by atoms with Crippen LogP contribution < -0.4 is 13.7 Å². The molecule has 0 saturated carbocycles. The van der Waals surface area contributed by atoms with Crippen LogP contribution in [0.25, 0.3) is 0 Å². The second-order valence-corrected chi connectivity index (χ2v) is 7.12. The van der Waals surface area contributed by atoms with Crippen molar-refractivity contribution in [3.8, 4) is 17.2 Å². The maximum absolute atomic E-state index is 12.4. The summed E-state index contributed by atoms with van der Waals surface area (Å²) in [5.74, 6) is 1.54. The van der Waals surface area contributed by atoms with E-state index in [1.165, 1.54) is 12.1 Å². The molecule has 2 aromatic carbocycles. The maximum atomic E-state index is 12.4. The minimum absolute atomic E-state index is 0.0386. The highest BCUT2D eigenvalue weighted by molar-refractivity contribution is 7.87. The number of benzene rings is 2. The van der Waals surface area contributed by atoms with E-state index in [9.17, 15) is 8.42 Å². The quantitative estimate of drug-likeness (QED) is 0.803. The molecule has 0 unspecified atom stereocenters. The normalized spacial score (nSPS) is 13.9. The topological polar surface area (TPSA) is 61.8 Å². The fraction of sp³-hybridized carbons (Fsp3) is 0.294. The molecule has 122 valence electrons. The van der Waals surface area contributed by atoms with Crippen molar-refractivity contribution in [2.24, 2.45) is 0 Å². The van der Waals surface area contributed by atoms with Crippen molar-refractivity contribution in [1.82, 2.24) is 0 Å². The van der Waals surface area contributed by atoms with E-state index in [1.807, 2.05) is 19.9 Å². The molecule has 0 N–H and O–H groups in total. The van der Waals surface area contributed by atoms with E-state index < -0.39 is 10.1 Å². The van der Waals surface area contributed by atoms with Gasteiger partial charge in [-0.1, -0.05) is 26.0 Å². The summed E-state index contributed by atoms with van der Waals surface area (Å²) < 4.78 is 41.0. The van der Waals surface area contributed by atoms with Gasteiger partial charge in [-0.3, -0.25) is 0 Å². The Bertz CT molecular complexity index is 811. The molecule has 0 aromatic heterocycles. The third kappa shape index (κ3) is 3.42. The van der Waals surface area contributed by atoms with Gasteiger partial charge in [-0.05, 0) is 35.7 Å². The van der Waals surface area contributed by atoms with Crippen molar-refractivity contribution in [2.75, 3.05) is 13.2 Å². The maximum Gasteiger partial charge on any atom is 0.339 e. The van der Waals surface area contributed by atoms with Crippen LogP contribution in [0.4, 0.5) is 0 Å². The van der Waals surface area contributed by atoms with E-state index in [4.69, 9.17) is 13.7 Å². The third-order valence-corrected chi connectivity index (χ3v) is 4.78. The molecule has 0 spiro atoms. The van der Waals surface area contributed by atoms with Crippen LogP contribution in [-0.4, -0.2) is 21.6 Å². The SMILES string of the molecule is CC(C)c1cccc(OS(=O)(=O)c2ccc3c(c2)OCCO3)c1. The number of hydrogen-bond donors (Lipinski definition) is 0. The molecule has 0 saturated heterocycles. The van der Waals surface area contributed by atoms with Crippen molar-refractivity contribution >= 4 is 10.1 Å². The van der Waals surface area contributed by atoms with Gasteiger partial charge in [-0.2, -0.15) is 8.42 Å². The largest absolute Gasteiger partial charge is 0.486 e. The molecule has 23 heavy (non-hydrogen) atoms. The zero-order valence-corrected chi connectivity index (χ0v) is 13.8. The number of hydrogen-bond acceptors (Lipinski definition) is 5. The van der Waals surface area contributed by atoms with Gasteiger partial charge in [0.25, 0.3) is 0 Å². The van der Waals surface area contributed by atoms with E-state index in [0.717, 1.165) is 5.56 Å². The summed E-state index contributed by atoms with van der Waals surface area (Å²) in [5.41, 5.74) is 1.01. The van der Waals surface area contributed by atoms with Crippen molar-refractivity contribution in [3.05, 3.63) is 48.0 Å². The highest BCUT2D eigenvalue weighted by Gasteiger charge is 2.21. The Morgan fingerprint density at radius 1 is 1.00 bits per heavy atom. The summed E-state index contributed by atoms with van der Waals surface area (Å²) in [6, 6.07) is 11.5. The molecule has 2 aromatic rings. The average molecular weight is 334 g/mol. The average Bonchev–Trinajstić information content (AvgIpc) is 2.54. The molecular weight excluding hydrogens is 316 g/mol. The Labute approximate surface area is 135 Å². The van der Waals surface area contributed by atoms with Gasteiger partial charge in [0.15, 0.2) is 11.5 Å². The molecule has 0 bridgehead atoms. The van der Waals surface area contributed by atoms with Crippen LogP contribution in [0.2, 0.25) is 0 Å². The van der Waals surface area contributed by atoms with E-state index >= 15 is 0 Å². The summed E-state index contributed by atoms with van der Waals surface area (Å²) >= 11 is 0. The van der Waals surface area contributed by atoms with Crippen LogP contribution in [0.5, 0.6) is 17.2 Å². The standard InChI is InChI=1S/C17H18O5S/c1-12(2)13-4-3-5-14(10-13)22-23(18,19)15-6-7-16-17(11-15)21-9-8-20-16/h3-7,10-12H,8-9H2,1-2H3. The Morgan fingerprint density at radius 3 is 2.48 bits per heavy atom. The minimum atomic E-state index is -3.92. The predicted molar refractivity (Wildman–Crippen MR) is 85.8 cm³/mol. The van der Waals surface area contributed by atoms with Crippen molar-refractivity contribution in [3.63, 3.8) is 0 Å². The lowest BCUT2D eigenvalue weighted by Crippen LogP contribution is -2.16. The molecule has 6 heteroatoms. The van der Waals surface area contributed by atoms with E-state index in [1.54, 1.807) is 24.3 Å². The van der Waals surface area contributed by atoms with Crippen LogP contribution in [0.15, 0.2) is 47.4 Å². The first-order valence-corrected chi connectivity index (χ1v) is 8.80. The molecule has 3 rings (SSSR count). The minimum Gasteiger partial charge on any atom is -0.486 e. The molecule has 0 amide bonds. The van der Waals surface area contributed by atoms with Crippen LogP contribution in [-0.2, 0) is 10.1 Å². The molecular formula is C17H18O5S. The van der Waals surface area contributed by atoms with Gasteiger partial charge in [-0.15, -0.1) is 0 Å². The summed E-state index contributed by atoms with van der Waals surface area (Å²) in [6.45, 7) is 4.92. The zero-order chi connectivity index (χ0) is 16.4. The summed E-state index contributed by atoms with van der Waals surface area (Å²) in [4.78, 5) is 0.0386. The van der Waals surface area contributed by atoms with Gasteiger partial charge in [-0.25, -0.2) is 0 Å². The Kier molecular flexibility index (Phi) is 4.17. The summed E-state index contributed by atoms with van der Waals surface area (Å²) in [7, 11) is -3.92. The Balaban J connectivity index is 1.88. The molecule has 0 fully saturated rings. The van der Waals surface area contributed by atoms with Crippen molar-refractivity contribution in [2.45, 2.75) is 24.7 Å². The molecule has 1 heterocycles. The monoisotopic (exact) mass is 334 g/mol. The second kappa shape index (κ2) is 6.12. The predicted octanol–water partition coefficient (Wildman–Crippen LogP) is 3.35. The molecule has 0 radical (unpaired) electrons. The van der Waals surface area contributed by atoms with Gasteiger partial charge < -0.3 is 13.7 Å². The molecule has 1 aliphatic rings. The summed E-state index contributed by atoms with van der Waals surface area (Å²) in [5, 5.41) is 0. The first-order valence-electron chi connectivity index (χ1n) is 7.40. The third-order valence-electron chi connectivity index (χ3n) is 3.53. The van der Waals surface area contributed by atoms with Crippen molar-refractivity contribution in [1.29, 1.82) is 0 Å². The highest BCUT2D eigenvalue weighted by Crippen LogP contribution is 2.33. The zero-order valence-electron chi connectivity index (χ0n) is 13.0. The second-order valence-electron chi connectivity index (χ2n) is 5.57. The fourth-order valence-corrected chi connectivity index (χ4v) is 3.22. The van der Waals surface area contributed by atoms with Gasteiger partial charge in [0.1, 0.15) is 23.9 Å². The van der Waals surface area contributed by atoms with E-state index in [2.05, 4.69) is 0 Å². The fourth-order valence-electron chi connectivity index (χ4n) is 2.28. The van der Waals surface area contributed by atoms with Crippen LogP contribution in [0.1, 0.15) is 25.3 Å². The lowest BCUT2D eigenvalue weighted by atomic mass is 10.0. The van der Waals surface area contributed by atoms with Crippen LogP contribution in [0, 0.1) is 0 Å². The molecule has 0 aliphatic carbocycles. The number of rotatable bonds is 4. The lowest BCUT2D eigenvalue weighted by molar-refractivity contribution is 0.171. The highest BCUT2D eigenvalue weighted by atomic mass is 32.2. The first-order chi connectivity index (χ1) is 11.0. The van der Waals surface area contributed by atoms with Gasteiger partial charge in [0.2, 0.25) is 0 Å². The van der Waals surface area contributed by atoms with E-state index in [0.29, 0.717) is 30.5 Å². The number of fused-ring (bicyclic) bond motifs is 1. The molecule has 0 atom stereocenters. The van der Waals surface area contributed by atoms with E-state index in [-0.39, 0.29) is 10.8 Å². The van der Waals surface area contributed by atoms with Gasteiger partial charge in [0, 0.05) is 6.07 Å². The Hall–Kier alpha value is -2.21. The van der Waals surface area contributed by atoms with Crippen LogP contribution >= 0.6 is 0 Å². The summed E-state index contributed by atoms with van der Waals surface area (Å²) in [6.07, 6.45) is 0. The van der Waals surface area contributed by atoms with Gasteiger partial charge in [0.05, 0.1) is 0 Å². The number of ether oxygens (including phenoxy) is 2. The van der Waals surface area contributed by atoms with Gasteiger partial charge >= 0.3 is 10.1 Å². The lowest BCUT2D eigenvalue weighted by Gasteiger charge is -2.18. The van der Waals surface area contributed by atoms with Crippen LogP contribution in [0.3, 0.4) is 0 Å². The molecule has 1 aliphatic heterocycles. The smallest absolute Gasteiger partial charge is 0.339 e. The first kappa shape index (κ1) is 15.7. The Morgan fingerprint density at radius 2 is 1.74 bits per heavy atom.